The van der Waals surface area contributed by atoms with Gasteiger partial charge in [-0.05, 0) is 6.92 Å². The highest BCUT2D eigenvalue weighted by molar-refractivity contribution is 6.18. The van der Waals surface area contributed by atoms with Crippen molar-refractivity contribution < 1.29 is 14.9 Å². The fourth-order valence-corrected chi connectivity index (χ4v) is 1.96. The number of nitrogens with two attached hydrogens (primary N) is 1. The third-order valence-electron chi connectivity index (χ3n) is 2.78. The van der Waals surface area contributed by atoms with Crippen LogP contribution in [0.5, 0.6) is 0 Å². The first kappa shape index (κ1) is 14.9. The maximum absolute atomic E-state index is 9.88. The number of ether oxygens (including phenoxy) is 1. The molecule has 0 spiro atoms. The maximum atomic E-state index is 9.88. The van der Waals surface area contributed by atoms with Gasteiger partial charge in [0.05, 0.1) is 31.0 Å². The Morgan fingerprint density at radius 1 is 1.45 bits per heavy atom. The number of anilines is 1. The molecule has 3 atom stereocenters. The highest BCUT2D eigenvalue weighted by Gasteiger charge is 2.24. The summed E-state index contributed by atoms with van der Waals surface area (Å²) in [5.74, 6) is 0.345. The SMILES string of the molecule is C[C@H](O)[C@@H](O[C@@H](CO)CCl)n1cnc2c(N)ncnc21. The van der Waals surface area contributed by atoms with Crippen molar-refractivity contribution in [2.24, 2.45) is 0 Å². The number of rotatable bonds is 6. The molecule has 20 heavy (non-hydrogen) atoms. The molecule has 0 aliphatic carbocycles. The Morgan fingerprint density at radius 3 is 2.80 bits per heavy atom. The normalized spacial score (nSPS) is 16.2. The van der Waals surface area contributed by atoms with Crippen LogP contribution in [0.25, 0.3) is 11.2 Å². The summed E-state index contributed by atoms with van der Waals surface area (Å²) in [4.78, 5) is 12.0. The molecule has 0 fully saturated rings. The van der Waals surface area contributed by atoms with E-state index >= 15 is 0 Å². The molecule has 110 valence electrons. The fraction of sp³-hybridized carbons (Fsp3) is 0.545. The van der Waals surface area contributed by atoms with Gasteiger partial charge in [0.15, 0.2) is 17.7 Å². The van der Waals surface area contributed by atoms with Crippen LogP contribution >= 0.6 is 11.6 Å². The summed E-state index contributed by atoms with van der Waals surface area (Å²) in [5.41, 5.74) is 6.57. The van der Waals surface area contributed by atoms with Crippen LogP contribution in [-0.2, 0) is 4.74 Å². The second-order valence-corrected chi connectivity index (χ2v) is 4.62. The lowest BCUT2D eigenvalue weighted by Gasteiger charge is -2.25. The number of nitrogen functional groups attached to an aromatic ring is 1. The van der Waals surface area contributed by atoms with Crippen molar-refractivity contribution in [1.82, 2.24) is 19.5 Å². The molecule has 0 aliphatic heterocycles. The van der Waals surface area contributed by atoms with E-state index in [1.54, 1.807) is 6.92 Å². The lowest BCUT2D eigenvalue weighted by Crippen LogP contribution is -2.31. The predicted octanol–water partition coefficient (Wildman–Crippen LogP) is -0.0958. The van der Waals surface area contributed by atoms with Gasteiger partial charge in [-0.2, -0.15) is 0 Å². The number of nitrogens with zero attached hydrogens (tertiary/aromatic N) is 4. The van der Waals surface area contributed by atoms with Gasteiger partial charge in [-0.1, -0.05) is 0 Å². The molecule has 0 saturated heterocycles. The summed E-state index contributed by atoms with van der Waals surface area (Å²) in [5, 5.41) is 19.0. The number of fused-ring (bicyclic) bond motifs is 1. The molecule has 0 saturated carbocycles. The Labute approximate surface area is 120 Å². The zero-order valence-corrected chi connectivity index (χ0v) is 11.6. The van der Waals surface area contributed by atoms with Crippen molar-refractivity contribution in [3.63, 3.8) is 0 Å². The zero-order chi connectivity index (χ0) is 14.7. The molecule has 2 heterocycles. The van der Waals surface area contributed by atoms with Crippen LogP contribution in [0.2, 0.25) is 0 Å². The topological polar surface area (TPSA) is 119 Å². The van der Waals surface area contributed by atoms with Crippen molar-refractivity contribution in [3.05, 3.63) is 12.7 Å². The predicted molar refractivity (Wildman–Crippen MR) is 73.1 cm³/mol. The molecular weight excluding hydrogens is 286 g/mol. The number of aliphatic hydroxyl groups is 2. The first-order valence-electron chi connectivity index (χ1n) is 6.01. The first-order valence-corrected chi connectivity index (χ1v) is 6.55. The molecule has 0 bridgehead atoms. The van der Waals surface area contributed by atoms with Crippen LogP contribution in [0.3, 0.4) is 0 Å². The molecule has 0 amide bonds. The molecule has 0 radical (unpaired) electrons. The van der Waals surface area contributed by atoms with E-state index < -0.39 is 18.4 Å². The zero-order valence-electron chi connectivity index (χ0n) is 10.8. The van der Waals surface area contributed by atoms with Crippen LogP contribution in [0, 0.1) is 0 Å². The summed E-state index contributed by atoms with van der Waals surface area (Å²) in [6, 6.07) is 0. The van der Waals surface area contributed by atoms with Gasteiger partial charge in [0.2, 0.25) is 0 Å². The molecule has 0 unspecified atom stereocenters. The van der Waals surface area contributed by atoms with Crippen molar-refractivity contribution in [2.45, 2.75) is 25.4 Å². The number of aliphatic hydroxyl groups excluding tert-OH is 2. The van der Waals surface area contributed by atoms with Gasteiger partial charge in [-0.15, -0.1) is 11.6 Å². The van der Waals surface area contributed by atoms with Crippen LogP contribution in [-0.4, -0.2) is 54.4 Å². The molecule has 2 rings (SSSR count). The summed E-state index contributed by atoms with van der Waals surface area (Å²) >= 11 is 5.68. The smallest absolute Gasteiger partial charge is 0.167 e. The molecule has 2 aromatic heterocycles. The van der Waals surface area contributed by atoms with E-state index in [1.165, 1.54) is 17.2 Å². The summed E-state index contributed by atoms with van der Waals surface area (Å²) in [7, 11) is 0. The van der Waals surface area contributed by atoms with E-state index in [9.17, 15) is 5.11 Å². The molecule has 0 aliphatic rings. The van der Waals surface area contributed by atoms with E-state index in [4.69, 9.17) is 27.2 Å². The van der Waals surface area contributed by atoms with Gasteiger partial charge in [-0.3, -0.25) is 4.57 Å². The quantitative estimate of drug-likeness (QED) is 0.637. The van der Waals surface area contributed by atoms with Gasteiger partial charge in [-0.25, -0.2) is 15.0 Å². The number of halogens is 1. The Bertz CT molecular complexity index is 572. The fourth-order valence-electron chi connectivity index (χ4n) is 1.79. The average molecular weight is 302 g/mol. The van der Waals surface area contributed by atoms with Crippen molar-refractivity contribution >= 4 is 28.6 Å². The summed E-state index contributed by atoms with van der Waals surface area (Å²) < 4.78 is 7.13. The molecule has 4 N–H and O–H groups in total. The summed E-state index contributed by atoms with van der Waals surface area (Å²) in [6.07, 6.45) is 0.509. The van der Waals surface area contributed by atoms with Crippen LogP contribution in [0.15, 0.2) is 12.7 Å². The standard InChI is InChI=1S/C11H16ClN5O3/c1-6(19)11(20-7(2-12)3-18)17-5-16-8-9(13)14-4-15-10(8)17/h4-7,11,18-19H,2-3H2,1H3,(H2,13,14,15)/t6-,7+,11+/m0/s1. The number of aromatic nitrogens is 4. The Balaban J connectivity index is 2.39. The van der Waals surface area contributed by atoms with Gasteiger partial charge in [0.1, 0.15) is 11.8 Å². The van der Waals surface area contributed by atoms with Crippen LogP contribution in [0.1, 0.15) is 13.2 Å². The highest BCUT2D eigenvalue weighted by Crippen LogP contribution is 2.23. The van der Waals surface area contributed by atoms with Crippen molar-refractivity contribution in [3.8, 4) is 0 Å². The number of imidazole rings is 1. The Kier molecular flexibility index (Phi) is 4.71. The van der Waals surface area contributed by atoms with E-state index in [2.05, 4.69) is 15.0 Å². The molecule has 2 aromatic rings. The number of hydrogen-bond donors (Lipinski definition) is 3. The highest BCUT2D eigenvalue weighted by atomic mass is 35.5. The molecule has 0 aromatic carbocycles. The second-order valence-electron chi connectivity index (χ2n) is 4.31. The van der Waals surface area contributed by atoms with E-state index in [1.807, 2.05) is 0 Å². The molecule has 9 heteroatoms. The van der Waals surface area contributed by atoms with Gasteiger partial charge in [0.25, 0.3) is 0 Å². The minimum atomic E-state index is -0.860. The third-order valence-corrected chi connectivity index (χ3v) is 3.13. The average Bonchev–Trinajstić information content (AvgIpc) is 2.85. The maximum Gasteiger partial charge on any atom is 0.167 e. The van der Waals surface area contributed by atoms with Gasteiger partial charge >= 0.3 is 0 Å². The van der Waals surface area contributed by atoms with Crippen molar-refractivity contribution in [2.75, 3.05) is 18.2 Å². The third kappa shape index (κ3) is 2.83. The van der Waals surface area contributed by atoms with Gasteiger partial charge in [0, 0.05) is 0 Å². The van der Waals surface area contributed by atoms with E-state index in [0.29, 0.717) is 11.2 Å². The number of alkyl halides is 1. The van der Waals surface area contributed by atoms with Crippen LogP contribution < -0.4 is 5.73 Å². The minimum Gasteiger partial charge on any atom is -0.394 e. The van der Waals surface area contributed by atoms with E-state index in [-0.39, 0.29) is 18.3 Å². The molecular formula is C11H16ClN5O3. The molecule has 8 nitrogen and oxygen atoms in total. The Hall–Kier alpha value is -1.48. The largest absolute Gasteiger partial charge is 0.394 e. The lowest BCUT2D eigenvalue weighted by molar-refractivity contribution is -0.115. The first-order chi connectivity index (χ1) is 9.58. The lowest BCUT2D eigenvalue weighted by atomic mass is 10.3. The van der Waals surface area contributed by atoms with Crippen molar-refractivity contribution in [1.29, 1.82) is 0 Å². The van der Waals surface area contributed by atoms with Gasteiger partial charge < -0.3 is 20.7 Å². The monoisotopic (exact) mass is 301 g/mol. The van der Waals surface area contributed by atoms with E-state index in [0.717, 1.165) is 0 Å². The minimum absolute atomic E-state index is 0.101. The second kappa shape index (κ2) is 6.31. The summed E-state index contributed by atoms with van der Waals surface area (Å²) in [6.45, 7) is 1.31. The Morgan fingerprint density at radius 2 is 2.20 bits per heavy atom. The van der Waals surface area contributed by atoms with Crippen LogP contribution in [0.4, 0.5) is 5.82 Å². The number of hydrogen-bond acceptors (Lipinski definition) is 7.